The van der Waals surface area contributed by atoms with Crippen LogP contribution in [0.5, 0.6) is 0 Å². The zero-order valence-corrected chi connectivity index (χ0v) is 19.5. The number of nitrogens with zero attached hydrogens (tertiary/aromatic N) is 7. The largest absolute Gasteiger partial charge is 2.00 e. The second-order valence-corrected chi connectivity index (χ2v) is 7.28. The molecule has 4 aromatic heterocycles. The Labute approximate surface area is 201 Å². The van der Waals surface area contributed by atoms with Crippen LogP contribution >= 0.6 is 0 Å². The van der Waals surface area contributed by atoms with Gasteiger partial charge in [-0.25, -0.2) is 0 Å². The molecule has 0 radical (unpaired) electrons. The average molecular weight is 628 g/mol. The minimum atomic E-state index is -4.56. The molecule has 4 aromatic rings. The van der Waals surface area contributed by atoms with Gasteiger partial charge < -0.3 is 19.5 Å². The van der Waals surface area contributed by atoms with Crippen molar-refractivity contribution in [2.45, 2.75) is 25.4 Å². The molecule has 0 atom stereocenters. The molecule has 0 unspecified atom stereocenters. The third-order valence-corrected chi connectivity index (χ3v) is 4.74. The summed E-state index contributed by atoms with van der Waals surface area (Å²) in [6, 6.07) is 11.1. The summed E-state index contributed by atoms with van der Waals surface area (Å²) in [5.74, 6) is 0.333. The van der Waals surface area contributed by atoms with Crippen molar-refractivity contribution in [2.24, 2.45) is 0 Å². The molecule has 0 aliphatic rings. The van der Waals surface area contributed by atoms with Gasteiger partial charge in [-0.3, -0.25) is 10.1 Å². The van der Waals surface area contributed by atoms with E-state index in [1.165, 1.54) is 6.20 Å². The molecule has 0 fully saturated rings. The van der Waals surface area contributed by atoms with Crippen LogP contribution in [0.4, 0.5) is 19.0 Å². The summed E-state index contributed by atoms with van der Waals surface area (Å²) in [5.41, 5.74) is 0.281. The van der Waals surface area contributed by atoms with E-state index >= 15 is 0 Å². The summed E-state index contributed by atoms with van der Waals surface area (Å²) in [6.07, 6.45) is 1.94. The van der Waals surface area contributed by atoms with E-state index in [1.807, 2.05) is 19.9 Å². The summed E-state index contributed by atoms with van der Waals surface area (Å²) in [4.78, 5) is 20.5. The van der Waals surface area contributed by atoms with Gasteiger partial charge in [0.1, 0.15) is 0 Å². The Morgan fingerprint density at radius 1 is 0.970 bits per heavy atom. The fourth-order valence-corrected chi connectivity index (χ4v) is 2.97. The van der Waals surface area contributed by atoms with Gasteiger partial charge in [0.15, 0.2) is 0 Å². The first-order chi connectivity index (χ1) is 15.2. The van der Waals surface area contributed by atoms with Crippen LogP contribution in [0.25, 0.3) is 22.1 Å². The van der Waals surface area contributed by atoms with Crippen molar-refractivity contribution in [2.75, 3.05) is 0 Å². The number of hydrogen-bond donors (Lipinski definition) is 0. The third-order valence-electron chi connectivity index (χ3n) is 4.74. The molecule has 11 heteroatoms. The predicted molar refractivity (Wildman–Crippen MR) is 108 cm³/mol. The molecule has 0 aromatic carbocycles. The van der Waals surface area contributed by atoms with Gasteiger partial charge in [0, 0.05) is 22.5 Å². The SMILES string of the molecule is [C-]#[N+]c1cn[c-]c(-c2cccc(C(C)(C)c3cccc(-n4[c-]cc(C(F)(F)F)n4)n3)n2)n1.[Pt+2]. The van der Waals surface area contributed by atoms with Crippen molar-refractivity contribution in [3.05, 3.63) is 89.6 Å². The molecule has 0 saturated heterocycles. The number of aromatic nitrogens is 6. The van der Waals surface area contributed by atoms with Crippen molar-refractivity contribution >= 4 is 5.82 Å². The van der Waals surface area contributed by atoms with Crippen LogP contribution < -0.4 is 0 Å². The van der Waals surface area contributed by atoms with Crippen LogP contribution in [-0.2, 0) is 32.7 Å². The van der Waals surface area contributed by atoms with Gasteiger partial charge in [0.2, 0.25) is 5.82 Å². The zero-order valence-electron chi connectivity index (χ0n) is 17.2. The third kappa shape index (κ3) is 4.99. The minimum absolute atomic E-state index is 0. The molecule has 0 spiro atoms. The fraction of sp³-hybridized carbons (Fsp3) is 0.182. The molecule has 0 aliphatic carbocycles. The quantitative estimate of drug-likeness (QED) is 0.309. The molecular weight excluding hydrogens is 614 g/mol. The normalized spacial score (nSPS) is 11.5. The van der Waals surface area contributed by atoms with Crippen molar-refractivity contribution in [1.82, 2.24) is 29.7 Å². The van der Waals surface area contributed by atoms with Gasteiger partial charge >= 0.3 is 27.2 Å². The Morgan fingerprint density at radius 2 is 1.67 bits per heavy atom. The van der Waals surface area contributed by atoms with Crippen LogP contribution in [-0.4, -0.2) is 29.7 Å². The maximum Gasteiger partial charge on any atom is 2.00 e. The van der Waals surface area contributed by atoms with Gasteiger partial charge in [-0.2, -0.15) is 18.2 Å². The summed E-state index contributed by atoms with van der Waals surface area (Å²) in [5, 5.41) is 3.53. The second kappa shape index (κ2) is 9.20. The van der Waals surface area contributed by atoms with E-state index in [4.69, 9.17) is 6.57 Å². The van der Waals surface area contributed by atoms with Crippen molar-refractivity contribution < 1.29 is 34.2 Å². The van der Waals surface area contributed by atoms with Gasteiger partial charge in [0.25, 0.3) is 0 Å². The van der Waals surface area contributed by atoms with Crippen LogP contribution in [0.2, 0.25) is 0 Å². The minimum Gasteiger partial charge on any atom is -0.398 e. The molecule has 33 heavy (non-hydrogen) atoms. The van der Waals surface area contributed by atoms with Gasteiger partial charge in [-0.15, -0.1) is 6.07 Å². The first kappa shape index (κ1) is 24.2. The van der Waals surface area contributed by atoms with Crippen LogP contribution in [0, 0.1) is 19.0 Å². The second-order valence-electron chi connectivity index (χ2n) is 7.28. The van der Waals surface area contributed by atoms with Crippen LogP contribution in [0.1, 0.15) is 30.9 Å². The molecule has 7 nitrogen and oxygen atoms in total. The topological polar surface area (TPSA) is 73.7 Å². The molecule has 168 valence electrons. The first-order valence-electron chi connectivity index (χ1n) is 9.31. The Morgan fingerprint density at radius 3 is 2.33 bits per heavy atom. The Hall–Kier alpha value is -3.44. The van der Waals surface area contributed by atoms with E-state index in [2.05, 4.69) is 42.3 Å². The molecule has 0 amide bonds. The molecular formula is C22H14F3N7Pt. The van der Waals surface area contributed by atoms with Gasteiger partial charge in [0.05, 0.1) is 17.2 Å². The number of halogens is 3. The molecule has 0 aliphatic heterocycles. The van der Waals surface area contributed by atoms with Crippen LogP contribution in [0.15, 0.2) is 48.7 Å². The number of hydrogen-bond acceptors (Lipinski definition) is 5. The molecule has 0 saturated carbocycles. The molecule has 4 rings (SSSR count). The van der Waals surface area contributed by atoms with E-state index in [9.17, 15) is 13.2 Å². The molecule has 0 N–H and O–H groups in total. The van der Waals surface area contributed by atoms with Crippen LogP contribution in [0.3, 0.4) is 0 Å². The Balaban J connectivity index is 0.00000306. The fourth-order valence-electron chi connectivity index (χ4n) is 2.97. The number of alkyl halides is 3. The van der Waals surface area contributed by atoms with E-state index < -0.39 is 17.3 Å². The van der Waals surface area contributed by atoms with Crippen molar-refractivity contribution in [3.63, 3.8) is 0 Å². The summed E-state index contributed by atoms with van der Waals surface area (Å²) >= 11 is 0. The maximum atomic E-state index is 12.9. The Kier molecular flexibility index (Phi) is 6.75. The number of rotatable bonds is 4. The average Bonchev–Trinajstić information content (AvgIpc) is 3.30. The van der Waals surface area contributed by atoms with E-state index in [0.717, 1.165) is 10.7 Å². The maximum absolute atomic E-state index is 12.9. The summed E-state index contributed by atoms with van der Waals surface area (Å²) in [7, 11) is 0. The van der Waals surface area contributed by atoms with Crippen molar-refractivity contribution in [1.29, 1.82) is 0 Å². The predicted octanol–water partition coefficient (Wildman–Crippen LogP) is 4.61. The summed E-state index contributed by atoms with van der Waals surface area (Å²) in [6.45, 7) is 10.9. The van der Waals surface area contributed by atoms with Gasteiger partial charge in [-0.1, -0.05) is 37.0 Å². The number of pyridine rings is 2. The van der Waals surface area contributed by atoms with Gasteiger partial charge in [-0.05, 0) is 38.4 Å². The zero-order chi connectivity index (χ0) is 22.9. The monoisotopic (exact) mass is 628 g/mol. The van der Waals surface area contributed by atoms with E-state index in [0.29, 0.717) is 22.8 Å². The van der Waals surface area contributed by atoms with E-state index in [1.54, 1.807) is 30.3 Å². The summed E-state index contributed by atoms with van der Waals surface area (Å²) < 4.78 is 39.6. The first-order valence-corrected chi connectivity index (χ1v) is 9.31. The standard InChI is InChI=1S/C22H14F3N7.Pt/c1-21(2,16-7-4-6-14(28-16)15-12-27-13-19(26-3)29-15)17-8-5-9-20(30-17)32-11-10-18(31-32)22(23,24)25;/h4-10,13H,1-2H3;/q-2;+2. The Bertz CT molecular complexity index is 1330. The molecule has 4 heterocycles. The van der Waals surface area contributed by atoms with Crippen molar-refractivity contribution in [3.8, 4) is 17.2 Å². The smallest absolute Gasteiger partial charge is 0.398 e. The molecule has 0 bridgehead atoms. The van der Waals surface area contributed by atoms with E-state index in [-0.39, 0.29) is 32.7 Å².